The van der Waals surface area contributed by atoms with Gasteiger partial charge in [0.05, 0.1) is 0 Å². The van der Waals surface area contributed by atoms with Gasteiger partial charge >= 0.3 is 0 Å². The number of halogens is 2. The molecule has 0 N–H and O–H groups in total. The fourth-order valence-corrected chi connectivity index (χ4v) is 2.02. The van der Waals surface area contributed by atoms with Crippen molar-refractivity contribution in [2.45, 2.75) is 6.92 Å². The number of pyridine rings is 1. The zero-order valence-corrected chi connectivity index (χ0v) is 10.5. The Bertz CT molecular complexity index is 497. The van der Waals surface area contributed by atoms with Gasteiger partial charge in [0.1, 0.15) is 5.15 Å². The second-order valence-corrected chi connectivity index (χ2v) is 4.52. The molecule has 0 amide bonds. The van der Waals surface area contributed by atoms with Gasteiger partial charge in [-0.25, -0.2) is 4.98 Å². The topological polar surface area (TPSA) is 12.9 Å². The van der Waals surface area contributed by atoms with E-state index in [4.69, 9.17) is 11.6 Å². The molecule has 0 aliphatic rings. The maximum atomic E-state index is 5.89. The largest absolute Gasteiger partial charge is 0.244 e. The molecule has 0 saturated heterocycles. The van der Waals surface area contributed by atoms with Crippen molar-refractivity contribution in [3.05, 3.63) is 51.7 Å². The van der Waals surface area contributed by atoms with Gasteiger partial charge in [-0.3, -0.25) is 0 Å². The molecule has 2 rings (SSSR count). The Labute approximate surface area is 102 Å². The maximum Gasteiger partial charge on any atom is 0.131 e. The van der Waals surface area contributed by atoms with Crippen LogP contribution in [0.3, 0.4) is 0 Å². The summed E-state index contributed by atoms with van der Waals surface area (Å²) in [5.74, 6) is 0. The number of hydrogen-bond acceptors (Lipinski definition) is 1. The number of benzene rings is 1. The van der Waals surface area contributed by atoms with Gasteiger partial charge in [-0.15, -0.1) is 0 Å². The minimum Gasteiger partial charge on any atom is -0.244 e. The van der Waals surface area contributed by atoms with E-state index in [0.717, 1.165) is 21.2 Å². The van der Waals surface area contributed by atoms with E-state index in [1.54, 1.807) is 6.20 Å². The summed E-state index contributed by atoms with van der Waals surface area (Å²) in [5.41, 5.74) is 3.19. The van der Waals surface area contributed by atoms with Crippen molar-refractivity contribution >= 4 is 27.5 Å². The van der Waals surface area contributed by atoms with Crippen LogP contribution in [-0.4, -0.2) is 4.98 Å². The van der Waals surface area contributed by atoms with E-state index in [0.29, 0.717) is 5.15 Å². The smallest absolute Gasteiger partial charge is 0.131 e. The van der Waals surface area contributed by atoms with Gasteiger partial charge in [0.15, 0.2) is 0 Å². The summed E-state index contributed by atoms with van der Waals surface area (Å²) in [6.45, 7) is 1.95. The normalized spacial score (nSPS) is 10.3. The van der Waals surface area contributed by atoms with Crippen molar-refractivity contribution in [1.82, 2.24) is 4.98 Å². The molecule has 1 heterocycles. The van der Waals surface area contributed by atoms with Gasteiger partial charge < -0.3 is 0 Å². The Morgan fingerprint density at radius 3 is 2.67 bits per heavy atom. The predicted octanol–water partition coefficient (Wildman–Crippen LogP) is 4.47. The van der Waals surface area contributed by atoms with Crippen LogP contribution in [0.4, 0.5) is 0 Å². The molecule has 76 valence electrons. The van der Waals surface area contributed by atoms with Crippen LogP contribution in [0.2, 0.25) is 5.15 Å². The lowest BCUT2D eigenvalue weighted by Crippen LogP contribution is -1.85. The van der Waals surface area contributed by atoms with Gasteiger partial charge in [-0.2, -0.15) is 0 Å². The van der Waals surface area contributed by atoms with Crippen molar-refractivity contribution in [3.8, 4) is 11.1 Å². The Kier molecular flexibility index (Phi) is 3.08. The average Bonchev–Trinajstić information content (AvgIpc) is 2.23. The highest BCUT2D eigenvalue weighted by molar-refractivity contribution is 9.10. The molecule has 2 aromatic rings. The lowest BCUT2D eigenvalue weighted by Gasteiger charge is -2.05. The van der Waals surface area contributed by atoms with Crippen LogP contribution in [-0.2, 0) is 0 Å². The highest BCUT2D eigenvalue weighted by Crippen LogP contribution is 2.28. The van der Waals surface area contributed by atoms with E-state index in [9.17, 15) is 0 Å². The molecule has 1 aromatic heterocycles. The van der Waals surface area contributed by atoms with E-state index < -0.39 is 0 Å². The van der Waals surface area contributed by atoms with Crippen LogP contribution in [0, 0.1) is 6.92 Å². The molecular formula is C12H9BrClN. The van der Waals surface area contributed by atoms with Crippen LogP contribution in [0.15, 0.2) is 41.0 Å². The summed E-state index contributed by atoms with van der Waals surface area (Å²) in [7, 11) is 0. The highest BCUT2D eigenvalue weighted by atomic mass is 79.9. The van der Waals surface area contributed by atoms with Crippen molar-refractivity contribution in [3.63, 3.8) is 0 Å². The molecule has 15 heavy (non-hydrogen) atoms. The molecule has 0 aliphatic heterocycles. The number of hydrogen-bond donors (Lipinski definition) is 0. The van der Waals surface area contributed by atoms with Gasteiger partial charge in [0.25, 0.3) is 0 Å². The molecular weight excluding hydrogens is 273 g/mol. The average molecular weight is 283 g/mol. The molecule has 0 atom stereocenters. The van der Waals surface area contributed by atoms with E-state index >= 15 is 0 Å². The first-order valence-corrected chi connectivity index (χ1v) is 5.72. The standard InChI is InChI=1S/C12H9BrClN/c1-8-6-9(7-15-12(8)14)10-4-2-3-5-11(10)13/h2-7H,1H3. The van der Waals surface area contributed by atoms with Crippen LogP contribution in [0.1, 0.15) is 5.56 Å². The molecule has 3 heteroatoms. The Morgan fingerprint density at radius 2 is 2.00 bits per heavy atom. The lowest BCUT2D eigenvalue weighted by molar-refractivity contribution is 1.27. The Morgan fingerprint density at radius 1 is 1.27 bits per heavy atom. The molecule has 0 spiro atoms. The molecule has 0 saturated carbocycles. The molecule has 0 unspecified atom stereocenters. The summed E-state index contributed by atoms with van der Waals surface area (Å²) < 4.78 is 1.06. The van der Waals surface area contributed by atoms with Crippen LogP contribution in [0.5, 0.6) is 0 Å². The minimum absolute atomic E-state index is 0.561. The summed E-state index contributed by atoms with van der Waals surface area (Å²) in [6, 6.07) is 10.1. The van der Waals surface area contributed by atoms with Crippen molar-refractivity contribution in [2.75, 3.05) is 0 Å². The van der Waals surface area contributed by atoms with Crippen molar-refractivity contribution < 1.29 is 0 Å². The third kappa shape index (κ3) is 2.21. The van der Waals surface area contributed by atoms with Crippen LogP contribution >= 0.6 is 27.5 Å². The molecule has 0 fully saturated rings. The van der Waals surface area contributed by atoms with Crippen molar-refractivity contribution in [2.24, 2.45) is 0 Å². The number of nitrogens with zero attached hydrogens (tertiary/aromatic N) is 1. The predicted molar refractivity (Wildman–Crippen MR) is 67.1 cm³/mol. The minimum atomic E-state index is 0.561. The Hall–Kier alpha value is -0.860. The molecule has 0 bridgehead atoms. The number of aromatic nitrogens is 1. The molecule has 1 nitrogen and oxygen atoms in total. The van der Waals surface area contributed by atoms with Gasteiger partial charge in [0, 0.05) is 16.2 Å². The first kappa shape index (κ1) is 10.7. The molecule has 1 aromatic carbocycles. The van der Waals surface area contributed by atoms with E-state index in [1.807, 2.05) is 31.2 Å². The molecule has 0 aliphatic carbocycles. The van der Waals surface area contributed by atoms with Gasteiger partial charge in [0.2, 0.25) is 0 Å². The van der Waals surface area contributed by atoms with Crippen molar-refractivity contribution in [1.29, 1.82) is 0 Å². The van der Waals surface area contributed by atoms with Gasteiger partial charge in [-0.1, -0.05) is 45.7 Å². The first-order valence-electron chi connectivity index (χ1n) is 4.55. The van der Waals surface area contributed by atoms with Gasteiger partial charge in [-0.05, 0) is 30.2 Å². The summed E-state index contributed by atoms with van der Waals surface area (Å²) in [4.78, 5) is 4.14. The van der Waals surface area contributed by atoms with Crippen LogP contribution < -0.4 is 0 Å². The quantitative estimate of drug-likeness (QED) is 0.703. The third-order valence-corrected chi connectivity index (χ3v) is 3.29. The van der Waals surface area contributed by atoms with Crippen LogP contribution in [0.25, 0.3) is 11.1 Å². The summed E-state index contributed by atoms with van der Waals surface area (Å²) >= 11 is 9.40. The SMILES string of the molecule is Cc1cc(-c2ccccc2Br)cnc1Cl. The second-order valence-electron chi connectivity index (χ2n) is 3.31. The number of rotatable bonds is 1. The third-order valence-electron chi connectivity index (χ3n) is 2.20. The fraction of sp³-hybridized carbons (Fsp3) is 0.0833. The summed E-state index contributed by atoms with van der Waals surface area (Å²) in [5, 5.41) is 0.561. The zero-order chi connectivity index (χ0) is 10.8. The fourth-order valence-electron chi connectivity index (χ4n) is 1.40. The Balaban J connectivity index is 2.55. The monoisotopic (exact) mass is 281 g/mol. The summed E-state index contributed by atoms with van der Waals surface area (Å²) in [6.07, 6.45) is 1.79. The van der Waals surface area contributed by atoms with E-state index in [2.05, 4.69) is 27.0 Å². The maximum absolute atomic E-state index is 5.89. The van der Waals surface area contributed by atoms with E-state index in [-0.39, 0.29) is 0 Å². The number of aryl methyl sites for hydroxylation is 1. The van der Waals surface area contributed by atoms with E-state index in [1.165, 1.54) is 0 Å². The zero-order valence-electron chi connectivity index (χ0n) is 8.17. The second kappa shape index (κ2) is 4.33. The highest BCUT2D eigenvalue weighted by Gasteiger charge is 2.04. The first-order chi connectivity index (χ1) is 7.18. The molecule has 0 radical (unpaired) electrons. The lowest BCUT2D eigenvalue weighted by atomic mass is 10.1.